The lowest BCUT2D eigenvalue weighted by Gasteiger charge is -2.02. The van der Waals surface area contributed by atoms with Gasteiger partial charge in [0.15, 0.2) is 0 Å². The second kappa shape index (κ2) is 3.18. The summed E-state index contributed by atoms with van der Waals surface area (Å²) in [6.07, 6.45) is 0. The largest absolute Gasteiger partial charge is 0.481 e. The zero-order valence-electron chi connectivity index (χ0n) is 6.88. The Bertz CT molecular complexity index is 227. The molecule has 0 aliphatic rings. The van der Waals surface area contributed by atoms with E-state index in [9.17, 15) is 0 Å². The number of nitrogens with zero attached hydrogens (tertiary/aromatic N) is 2. The van der Waals surface area contributed by atoms with Gasteiger partial charge in [-0.25, -0.2) is 4.98 Å². The first-order valence-corrected chi connectivity index (χ1v) is 3.33. The lowest BCUT2D eigenvalue weighted by atomic mass is 10.4. The molecule has 0 radical (unpaired) electrons. The van der Waals surface area contributed by atoms with E-state index < -0.39 is 0 Å². The Hall–Kier alpha value is -1.32. The first-order chi connectivity index (χ1) is 5.26. The molecule has 0 aliphatic carbocycles. The quantitative estimate of drug-likeness (QED) is 0.683. The molecule has 0 atom stereocenters. The van der Waals surface area contributed by atoms with Gasteiger partial charge in [0.05, 0.1) is 7.11 Å². The van der Waals surface area contributed by atoms with Crippen LogP contribution in [0.1, 0.15) is 5.69 Å². The van der Waals surface area contributed by atoms with Crippen molar-refractivity contribution >= 4 is 5.95 Å². The molecule has 4 heteroatoms. The molecular formula is C7H11N3O. The van der Waals surface area contributed by atoms with Gasteiger partial charge < -0.3 is 10.1 Å². The number of anilines is 1. The van der Waals surface area contributed by atoms with Gasteiger partial charge in [0.25, 0.3) is 0 Å². The second-order valence-corrected chi connectivity index (χ2v) is 2.13. The van der Waals surface area contributed by atoms with E-state index in [0.717, 1.165) is 5.69 Å². The molecule has 1 N–H and O–H groups in total. The molecule has 1 heterocycles. The van der Waals surface area contributed by atoms with Crippen molar-refractivity contribution in [1.82, 2.24) is 9.97 Å². The fourth-order valence-electron chi connectivity index (χ4n) is 0.756. The fraction of sp³-hybridized carbons (Fsp3) is 0.429. The standard InChI is InChI=1S/C7H11N3O/c1-5-4-6(11-3)10-7(8-2)9-5/h4H,1-3H3,(H,8,9,10). The summed E-state index contributed by atoms with van der Waals surface area (Å²) in [5, 5.41) is 2.84. The molecule has 4 nitrogen and oxygen atoms in total. The van der Waals surface area contributed by atoms with Crippen LogP contribution in [0.3, 0.4) is 0 Å². The molecule has 0 saturated carbocycles. The Labute approximate surface area is 65.6 Å². The Balaban J connectivity index is 3.02. The van der Waals surface area contributed by atoms with Gasteiger partial charge in [0.1, 0.15) is 0 Å². The van der Waals surface area contributed by atoms with Crippen molar-refractivity contribution in [3.05, 3.63) is 11.8 Å². The number of hydrogen-bond acceptors (Lipinski definition) is 4. The second-order valence-electron chi connectivity index (χ2n) is 2.13. The molecule has 0 bridgehead atoms. The van der Waals surface area contributed by atoms with Gasteiger partial charge in [-0.05, 0) is 6.92 Å². The molecule has 0 unspecified atom stereocenters. The van der Waals surface area contributed by atoms with Gasteiger partial charge in [-0.1, -0.05) is 0 Å². The Kier molecular flexibility index (Phi) is 2.25. The van der Waals surface area contributed by atoms with Gasteiger partial charge in [-0.2, -0.15) is 4.98 Å². The number of rotatable bonds is 2. The van der Waals surface area contributed by atoms with Gasteiger partial charge in [-0.15, -0.1) is 0 Å². The van der Waals surface area contributed by atoms with E-state index in [1.165, 1.54) is 0 Å². The highest BCUT2D eigenvalue weighted by Crippen LogP contribution is 2.09. The minimum absolute atomic E-state index is 0.585. The highest BCUT2D eigenvalue weighted by atomic mass is 16.5. The molecule has 1 aromatic rings. The number of ether oxygens (including phenoxy) is 1. The molecule has 60 valence electrons. The van der Waals surface area contributed by atoms with Gasteiger partial charge >= 0.3 is 0 Å². The number of aromatic nitrogens is 2. The number of nitrogens with one attached hydrogen (secondary N) is 1. The minimum atomic E-state index is 0.585. The molecule has 11 heavy (non-hydrogen) atoms. The SMILES string of the molecule is CNc1nc(C)cc(OC)n1. The molecule has 0 saturated heterocycles. The zero-order valence-corrected chi connectivity index (χ0v) is 6.88. The van der Waals surface area contributed by atoms with Crippen LogP contribution in [-0.2, 0) is 0 Å². The Morgan fingerprint density at radius 1 is 1.45 bits per heavy atom. The molecule has 0 spiro atoms. The van der Waals surface area contributed by atoms with Crippen molar-refractivity contribution in [2.24, 2.45) is 0 Å². The van der Waals surface area contributed by atoms with Gasteiger partial charge in [0, 0.05) is 18.8 Å². The average Bonchev–Trinajstić information content (AvgIpc) is 2.03. The van der Waals surface area contributed by atoms with E-state index in [1.54, 1.807) is 20.2 Å². The van der Waals surface area contributed by atoms with Crippen LogP contribution >= 0.6 is 0 Å². The van der Waals surface area contributed by atoms with Crippen molar-refractivity contribution in [3.8, 4) is 5.88 Å². The topological polar surface area (TPSA) is 47.0 Å². The normalized spacial score (nSPS) is 9.36. The van der Waals surface area contributed by atoms with Crippen molar-refractivity contribution in [1.29, 1.82) is 0 Å². The molecule has 0 aliphatic heterocycles. The number of hydrogen-bond donors (Lipinski definition) is 1. The molecule has 0 amide bonds. The highest BCUT2D eigenvalue weighted by Gasteiger charge is 1.98. The maximum absolute atomic E-state index is 4.95. The Morgan fingerprint density at radius 3 is 2.73 bits per heavy atom. The summed E-state index contributed by atoms with van der Waals surface area (Å²) >= 11 is 0. The first-order valence-electron chi connectivity index (χ1n) is 3.33. The van der Waals surface area contributed by atoms with Crippen LogP contribution in [0.5, 0.6) is 5.88 Å². The first kappa shape index (κ1) is 7.78. The Morgan fingerprint density at radius 2 is 2.18 bits per heavy atom. The predicted molar refractivity (Wildman–Crippen MR) is 42.9 cm³/mol. The summed E-state index contributed by atoms with van der Waals surface area (Å²) in [7, 11) is 3.36. The third kappa shape index (κ3) is 1.80. The summed E-state index contributed by atoms with van der Waals surface area (Å²) in [5.41, 5.74) is 0.890. The number of methoxy groups -OCH3 is 1. The molecule has 1 aromatic heterocycles. The fourth-order valence-corrected chi connectivity index (χ4v) is 0.756. The van der Waals surface area contributed by atoms with Gasteiger partial charge in [0.2, 0.25) is 11.8 Å². The molecule has 1 rings (SSSR count). The zero-order chi connectivity index (χ0) is 8.27. The van der Waals surface area contributed by atoms with E-state index >= 15 is 0 Å². The van der Waals surface area contributed by atoms with E-state index in [2.05, 4.69) is 15.3 Å². The predicted octanol–water partition coefficient (Wildman–Crippen LogP) is 0.835. The van der Waals surface area contributed by atoms with E-state index in [4.69, 9.17) is 4.74 Å². The highest BCUT2D eigenvalue weighted by molar-refractivity contribution is 5.29. The lowest BCUT2D eigenvalue weighted by molar-refractivity contribution is 0.397. The summed E-state index contributed by atoms with van der Waals surface area (Å²) in [6.45, 7) is 1.89. The van der Waals surface area contributed by atoms with Crippen molar-refractivity contribution in [3.63, 3.8) is 0 Å². The van der Waals surface area contributed by atoms with E-state index in [-0.39, 0.29) is 0 Å². The van der Waals surface area contributed by atoms with Crippen LogP contribution < -0.4 is 10.1 Å². The van der Waals surface area contributed by atoms with Crippen LogP contribution in [0.15, 0.2) is 6.07 Å². The van der Waals surface area contributed by atoms with E-state index in [1.807, 2.05) is 6.92 Å². The van der Waals surface area contributed by atoms with Crippen molar-refractivity contribution in [2.45, 2.75) is 6.92 Å². The van der Waals surface area contributed by atoms with Gasteiger partial charge in [-0.3, -0.25) is 0 Å². The lowest BCUT2D eigenvalue weighted by Crippen LogP contribution is -1.99. The van der Waals surface area contributed by atoms with Crippen molar-refractivity contribution in [2.75, 3.05) is 19.5 Å². The summed E-state index contributed by atoms with van der Waals surface area (Å²) in [4.78, 5) is 8.12. The third-order valence-corrected chi connectivity index (χ3v) is 1.26. The van der Waals surface area contributed by atoms with Crippen molar-refractivity contribution < 1.29 is 4.74 Å². The smallest absolute Gasteiger partial charge is 0.225 e. The van der Waals surface area contributed by atoms with Crippen LogP contribution in [0.25, 0.3) is 0 Å². The maximum atomic E-state index is 4.95. The molecule has 0 aromatic carbocycles. The van der Waals surface area contributed by atoms with Crippen LogP contribution in [0.2, 0.25) is 0 Å². The average molecular weight is 153 g/mol. The summed E-state index contributed by atoms with van der Waals surface area (Å²) in [5.74, 6) is 1.17. The van der Waals surface area contributed by atoms with Crippen LogP contribution in [0.4, 0.5) is 5.95 Å². The van der Waals surface area contributed by atoms with Crippen LogP contribution in [0, 0.1) is 6.92 Å². The molecule has 0 fully saturated rings. The molecular weight excluding hydrogens is 142 g/mol. The summed E-state index contributed by atoms with van der Waals surface area (Å²) < 4.78 is 4.95. The summed E-state index contributed by atoms with van der Waals surface area (Å²) in [6, 6.07) is 1.78. The van der Waals surface area contributed by atoms with E-state index in [0.29, 0.717) is 11.8 Å². The minimum Gasteiger partial charge on any atom is -0.481 e. The monoisotopic (exact) mass is 153 g/mol. The number of aryl methyl sites for hydroxylation is 1. The van der Waals surface area contributed by atoms with Crippen LogP contribution in [-0.4, -0.2) is 24.1 Å². The maximum Gasteiger partial charge on any atom is 0.225 e. The third-order valence-electron chi connectivity index (χ3n) is 1.26.